The van der Waals surface area contributed by atoms with Crippen molar-refractivity contribution in [3.63, 3.8) is 0 Å². The summed E-state index contributed by atoms with van der Waals surface area (Å²) in [6.07, 6.45) is 5.72. The molecule has 2 saturated heterocycles. The maximum absolute atomic E-state index is 13.1. The second-order valence-corrected chi connectivity index (χ2v) is 9.34. The summed E-state index contributed by atoms with van der Waals surface area (Å²) in [5.41, 5.74) is 4.55. The van der Waals surface area contributed by atoms with Gasteiger partial charge in [0.2, 0.25) is 5.91 Å². The molecule has 0 spiro atoms. The third-order valence-corrected chi connectivity index (χ3v) is 7.28. The van der Waals surface area contributed by atoms with E-state index >= 15 is 0 Å². The van der Waals surface area contributed by atoms with Crippen LogP contribution in [0.25, 0.3) is 5.95 Å². The van der Waals surface area contributed by atoms with Gasteiger partial charge in [-0.3, -0.25) is 9.69 Å². The van der Waals surface area contributed by atoms with E-state index in [1.807, 2.05) is 24.0 Å². The van der Waals surface area contributed by atoms with Gasteiger partial charge in [0.15, 0.2) is 0 Å². The number of hydrogen-bond acceptors (Lipinski definition) is 10. The minimum atomic E-state index is -0.252. The van der Waals surface area contributed by atoms with Crippen molar-refractivity contribution in [2.24, 2.45) is 0 Å². The number of fused-ring (bicyclic) bond motifs is 2. The Morgan fingerprint density at radius 1 is 1.17 bits per heavy atom. The summed E-state index contributed by atoms with van der Waals surface area (Å²) in [6, 6.07) is 4.10. The second kappa shape index (κ2) is 9.36. The fraction of sp³-hybridized carbons (Fsp3) is 0.458. The zero-order chi connectivity index (χ0) is 24.6. The van der Waals surface area contributed by atoms with Crippen LogP contribution in [0.2, 0.25) is 0 Å². The van der Waals surface area contributed by atoms with E-state index in [9.17, 15) is 9.59 Å². The molecule has 36 heavy (non-hydrogen) atoms. The molecule has 3 aliphatic rings. The van der Waals surface area contributed by atoms with E-state index in [0.29, 0.717) is 37.8 Å². The maximum atomic E-state index is 13.1. The number of rotatable bonds is 4. The van der Waals surface area contributed by atoms with Crippen molar-refractivity contribution in [1.29, 1.82) is 0 Å². The van der Waals surface area contributed by atoms with Crippen LogP contribution in [0.5, 0.6) is 0 Å². The van der Waals surface area contributed by atoms with Gasteiger partial charge < -0.3 is 14.4 Å². The number of benzene rings is 1. The third-order valence-electron chi connectivity index (χ3n) is 7.28. The number of nitrogens with zero attached hydrogens (tertiary/aromatic N) is 8. The molecule has 5 heterocycles. The molecule has 2 fully saturated rings. The fourth-order valence-electron chi connectivity index (χ4n) is 5.25. The molecular weight excluding hydrogens is 464 g/mol. The summed E-state index contributed by atoms with van der Waals surface area (Å²) >= 11 is 0. The van der Waals surface area contributed by atoms with Gasteiger partial charge in [-0.1, -0.05) is 6.07 Å². The lowest BCUT2D eigenvalue weighted by atomic mass is 9.95. The molecule has 2 atom stereocenters. The first kappa shape index (κ1) is 22.7. The predicted molar refractivity (Wildman–Crippen MR) is 124 cm³/mol. The molecule has 2 unspecified atom stereocenters. The predicted octanol–water partition coefficient (Wildman–Crippen LogP) is 0.648. The van der Waals surface area contributed by atoms with Crippen molar-refractivity contribution in [1.82, 2.24) is 40.0 Å². The first-order valence-electron chi connectivity index (χ1n) is 12.0. The van der Waals surface area contributed by atoms with E-state index in [1.54, 1.807) is 12.4 Å². The molecular formula is C24H26N8O4. The summed E-state index contributed by atoms with van der Waals surface area (Å²) < 4.78 is 12.9. The van der Waals surface area contributed by atoms with Crippen LogP contribution in [0, 0.1) is 6.92 Å². The van der Waals surface area contributed by atoms with Gasteiger partial charge in [0.05, 0.1) is 18.1 Å². The number of esters is 1. The molecule has 0 aliphatic carbocycles. The van der Waals surface area contributed by atoms with E-state index < -0.39 is 0 Å². The quantitative estimate of drug-likeness (QED) is 0.481. The van der Waals surface area contributed by atoms with Crippen LogP contribution in [0.3, 0.4) is 0 Å². The lowest BCUT2D eigenvalue weighted by molar-refractivity contribution is -0.133. The normalized spacial score (nSPS) is 22.0. The summed E-state index contributed by atoms with van der Waals surface area (Å²) in [6.45, 7) is 5.87. The third kappa shape index (κ3) is 4.22. The van der Waals surface area contributed by atoms with Crippen molar-refractivity contribution >= 4 is 11.9 Å². The van der Waals surface area contributed by atoms with Crippen LogP contribution in [0.4, 0.5) is 0 Å². The van der Waals surface area contributed by atoms with E-state index in [-0.39, 0.29) is 30.4 Å². The Morgan fingerprint density at radius 3 is 2.83 bits per heavy atom. The smallest absolute Gasteiger partial charge is 0.338 e. The summed E-state index contributed by atoms with van der Waals surface area (Å²) in [7, 11) is 0. The molecule has 186 valence electrons. The molecule has 1 aromatic carbocycles. The highest BCUT2D eigenvalue weighted by molar-refractivity contribution is 5.94. The van der Waals surface area contributed by atoms with Gasteiger partial charge >= 0.3 is 5.97 Å². The standard InChI is InChI=1S/C24H26N8O4/c1-15-18(2-3-19-20(15)13-36-23(19)34)21-12-30-5-6-31(11-17(30)4-7-35-21)22(33)8-16-9-25-24(26-10-16)32-14-27-28-29-32/h2-3,9-10,14,17,21H,4-8,11-13H2,1H3. The number of aromatic nitrogens is 6. The van der Waals surface area contributed by atoms with Crippen molar-refractivity contribution in [2.45, 2.75) is 38.5 Å². The average molecular weight is 491 g/mol. The molecule has 12 heteroatoms. The lowest BCUT2D eigenvalue weighted by Crippen LogP contribution is -2.55. The number of carbonyl (C=O) groups excluding carboxylic acids is 2. The first-order valence-corrected chi connectivity index (χ1v) is 12.0. The van der Waals surface area contributed by atoms with E-state index in [1.165, 1.54) is 11.0 Å². The number of amides is 1. The zero-order valence-electron chi connectivity index (χ0n) is 19.9. The van der Waals surface area contributed by atoms with Crippen molar-refractivity contribution < 1.29 is 19.1 Å². The highest BCUT2D eigenvalue weighted by Gasteiger charge is 2.35. The van der Waals surface area contributed by atoms with Crippen LogP contribution in [-0.4, -0.2) is 90.7 Å². The molecule has 3 aromatic rings. The Hall–Kier alpha value is -3.77. The second-order valence-electron chi connectivity index (χ2n) is 9.34. The molecule has 1 amide bonds. The van der Waals surface area contributed by atoms with E-state index in [0.717, 1.165) is 41.8 Å². The Morgan fingerprint density at radius 2 is 2.03 bits per heavy atom. The van der Waals surface area contributed by atoms with Crippen molar-refractivity contribution in [3.05, 3.63) is 58.7 Å². The molecule has 0 saturated carbocycles. The molecule has 2 aromatic heterocycles. The fourth-order valence-corrected chi connectivity index (χ4v) is 5.25. The number of tetrazole rings is 1. The minimum absolute atomic E-state index is 0.0641. The lowest BCUT2D eigenvalue weighted by Gasteiger charge is -2.41. The minimum Gasteiger partial charge on any atom is -0.457 e. The first-order chi connectivity index (χ1) is 17.6. The van der Waals surface area contributed by atoms with Gasteiger partial charge in [0.25, 0.3) is 5.95 Å². The van der Waals surface area contributed by atoms with E-state index in [2.05, 4.69) is 30.4 Å². The highest BCUT2D eigenvalue weighted by atomic mass is 16.5. The Labute approximate surface area is 207 Å². The monoisotopic (exact) mass is 490 g/mol. The highest BCUT2D eigenvalue weighted by Crippen LogP contribution is 2.33. The number of hydrogen-bond donors (Lipinski definition) is 0. The van der Waals surface area contributed by atoms with Gasteiger partial charge in [-0.25, -0.2) is 14.8 Å². The van der Waals surface area contributed by atoms with Gasteiger partial charge in [0, 0.05) is 56.8 Å². The maximum Gasteiger partial charge on any atom is 0.338 e. The summed E-state index contributed by atoms with van der Waals surface area (Å²) in [4.78, 5) is 37.8. The molecule has 0 N–H and O–H groups in total. The van der Waals surface area contributed by atoms with Crippen molar-refractivity contribution in [3.8, 4) is 5.95 Å². The Balaban J connectivity index is 1.09. The van der Waals surface area contributed by atoms with Crippen LogP contribution >= 0.6 is 0 Å². The molecule has 3 aliphatic heterocycles. The van der Waals surface area contributed by atoms with Crippen LogP contribution < -0.4 is 0 Å². The van der Waals surface area contributed by atoms with E-state index in [4.69, 9.17) is 9.47 Å². The van der Waals surface area contributed by atoms with Gasteiger partial charge in [-0.2, -0.15) is 4.68 Å². The topological polar surface area (TPSA) is 128 Å². The van der Waals surface area contributed by atoms with Crippen LogP contribution in [0.1, 0.15) is 45.1 Å². The molecule has 0 radical (unpaired) electrons. The summed E-state index contributed by atoms with van der Waals surface area (Å²) in [5, 5.41) is 10.9. The Bertz CT molecular complexity index is 1280. The van der Waals surface area contributed by atoms with Crippen molar-refractivity contribution in [2.75, 3.05) is 32.8 Å². The number of carbonyl (C=O) groups is 2. The van der Waals surface area contributed by atoms with Gasteiger partial charge in [0.1, 0.15) is 12.9 Å². The van der Waals surface area contributed by atoms with Gasteiger partial charge in [-0.15, -0.1) is 5.10 Å². The number of ether oxygens (including phenoxy) is 2. The van der Waals surface area contributed by atoms with Crippen LogP contribution in [-0.2, 0) is 27.3 Å². The zero-order valence-corrected chi connectivity index (χ0v) is 19.9. The summed E-state index contributed by atoms with van der Waals surface area (Å²) in [5.74, 6) is 0.169. The molecule has 0 bridgehead atoms. The number of cyclic esters (lactones) is 1. The molecule has 6 rings (SSSR count). The molecule has 12 nitrogen and oxygen atoms in total. The van der Waals surface area contributed by atoms with Crippen LogP contribution in [0.15, 0.2) is 30.9 Å². The Kier molecular flexibility index (Phi) is 5.89. The van der Waals surface area contributed by atoms with Gasteiger partial charge in [-0.05, 0) is 46.5 Å². The average Bonchev–Trinajstić information content (AvgIpc) is 3.51. The SMILES string of the molecule is Cc1c(C2CN3CCN(C(=O)Cc4cnc(-n5cnnn5)nc4)CC3CCO2)ccc2c1COC2=O. The largest absolute Gasteiger partial charge is 0.457 e. The number of piperazine rings is 1.